The highest BCUT2D eigenvalue weighted by Gasteiger charge is 2.62. The van der Waals surface area contributed by atoms with Crippen molar-refractivity contribution in [3.8, 4) is 0 Å². The van der Waals surface area contributed by atoms with Crippen molar-refractivity contribution >= 4 is 0 Å². The molecular formula is C30H50O. The highest BCUT2D eigenvalue weighted by molar-refractivity contribution is 5.49. The first-order chi connectivity index (χ1) is 14.4. The standard InChI is InChI=1S/C30H50O/c1-20(2)10-9-11-21(3)22-14-18-30(8)24-12-13-25-27(4,5)26(31)16-17-28(25,6)23(24)15-19-29(22,30)7/h12,15,20-22,25-26,31H,9-11,13-14,16-19H2,1-8H3/t21-,22-,25-,26-,28+,29-,30+/m0/s1. The minimum absolute atomic E-state index is 0.000660. The first-order valence-corrected chi connectivity index (χ1v) is 13.5. The quantitative estimate of drug-likeness (QED) is 0.468. The molecule has 0 spiro atoms. The second-order valence-electron chi connectivity index (χ2n) is 13.7. The smallest absolute Gasteiger partial charge is 0.0594 e. The predicted molar refractivity (Wildman–Crippen MR) is 133 cm³/mol. The maximum atomic E-state index is 10.8. The lowest BCUT2D eigenvalue weighted by Crippen LogP contribution is -2.54. The first-order valence-electron chi connectivity index (χ1n) is 13.5. The molecule has 0 saturated heterocycles. The van der Waals surface area contributed by atoms with Crippen LogP contribution in [0.5, 0.6) is 0 Å². The number of aliphatic hydroxyl groups excluding tert-OH is 1. The molecule has 0 amide bonds. The van der Waals surface area contributed by atoms with Gasteiger partial charge in [0.1, 0.15) is 0 Å². The van der Waals surface area contributed by atoms with Crippen LogP contribution in [0.15, 0.2) is 23.3 Å². The fourth-order valence-corrected chi connectivity index (χ4v) is 8.99. The van der Waals surface area contributed by atoms with Gasteiger partial charge < -0.3 is 5.11 Å². The minimum Gasteiger partial charge on any atom is -0.393 e. The molecule has 0 bridgehead atoms. The van der Waals surface area contributed by atoms with Crippen molar-refractivity contribution < 1.29 is 5.11 Å². The Bertz CT molecular complexity index is 756. The molecule has 1 heteroatoms. The summed E-state index contributed by atoms with van der Waals surface area (Å²) in [6, 6.07) is 0. The zero-order valence-corrected chi connectivity index (χ0v) is 21.9. The lowest BCUT2D eigenvalue weighted by atomic mass is 9.44. The van der Waals surface area contributed by atoms with E-state index in [1.54, 1.807) is 11.1 Å². The summed E-state index contributed by atoms with van der Waals surface area (Å²) in [6.45, 7) is 19.7. The van der Waals surface area contributed by atoms with Gasteiger partial charge in [0, 0.05) is 0 Å². The Kier molecular flexibility index (Phi) is 5.90. The first kappa shape index (κ1) is 23.6. The van der Waals surface area contributed by atoms with Gasteiger partial charge >= 0.3 is 0 Å². The second-order valence-corrected chi connectivity index (χ2v) is 13.7. The van der Waals surface area contributed by atoms with Crippen LogP contribution in [0.1, 0.15) is 113 Å². The number of rotatable bonds is 5. The number of aliphatic hydroxyl groups is 1. The van der Waals surface area contributed by atoms with Gasteiger partial charge in [0.25, 0.3) is 0 Å². The molecule has 0 radical (unpaired) electrons. The molecule has 0 aromatic carbocycles. The summed E-state index contributed by atoms with van der Waals surface area (Å²) in [6.07, 6.45) is 16.6. The largest absolute Gasteiger partial charge is 0.393 e. The summed E-state index contributed by atoms with van der Waals surface area (Å²) >= 11 is 0. The number of hydrogen-bond donors (Lipinski definition) is 1. The molecule has 176 valence electrons. The SMILES string of the molecule is CC(C)CCC[C@H](C)[C@@H]1CC[C@]2(C)C3=CC[C@H]4C(C)(C)[C@@H](O)CC[C@]4(C)C3=CC[C@@]12C. The van der Waals surface area contributed by atoms with Gasteiger partial charge in [-0.05, 0) is 95.0 Å². The zero-order valence-electron chi connectivity index (χ0n) is 21.9. The van der Waals surface area contributed by atoms with E-state index >= 15 is 0 Å². The van der Waals surface area contributed by atoms with Gasteiger partial charge in [0.05, 0.1) is 6.10 Å². The van der Waals surface area contributed by atoms with Crippen LogP contribution in [0.3, 0.4) is 0 Å². The topological polar surface area (TPSA) is 20.2 Å². The Balaban J connectivity index is 1.64. The van der Waals surface area contributed by atoms with Crippen molar-refractivity contribution in [2.45, 2.75) is 119 Å². The van der Waals surface area contributed by atoms with Crippen molar-refractivity contribution in [3.63, 3.8) is 0 Å². The molecule has 7 atom stereocenters. The van der Waals surface area contributed by atoms with E-state index in [2.05, 4.69) is 67.5 Å². The fraction of sp³-hybridized carbons (Fsp3) is 0.867. The van der Waals surface area contributed by atoms with Gasteiger partial charge in [-0.3, -0.25) is 0 Å². The van der Waals surface area contributed by atoms with Gasteiger partial charge in [-0.15, -0.1) is 0 Å². The predicted octanol–water partition coefficient (Wildman–Crippen LogP) is 8.34. The molecule has 0 heterocycles. The molecule has 2 saturated carbocycles. The maximum absolute atomic E-state index is 10.8. The van der Waals surface area contributed by atoms with Crippen molar-refractivity contribution in [2.24, 2.45) is 45.3 Å². The molecule has 2 fully saturated rings. The summed E-state index contributed by atoms with van der Waals surface area (Å²) in [5, 5.41) is 10.8. The fourth-order valence-electron chi connectivity index (χ4n) is 8.99. The molecular weight excluding hydrogens is 376 g/mol. The molecule has 1 N–H and O–H groups in total. The Labute approximate surface area is 193 Å². The number of fused-ring (bicyclic) bond motifs is 5. The minimum atomic E-state index is -0.159. The average Bonchev–Trinajstić information content (AvgIpc) is 2.96. The van der Waals surface area contributed by atoms with Crippen molar-refractivity contribution in [3.05, 3.63) is 23.3 Å². The maximum Gasteiger partial charge on any atom is 0.0594 e. The highest BCUT2D eigenvalue weighted by atomic mass is 16.3. The molecule has 0 unspecified atom stereocenters. The van der Waals surface area contributed by atoms with Gasteiger partial charge in [0.15, 0.2) is 0 Å². The normalized spacial score (nSPS) is 44.8. The molecule has 4 aliphatic rings. The summed E-state index contributed by atoms with van der Waals surface area (Å²) in [5.74, 6) is 3.06. The summed E-state index contributed by atoms with van der Waals surface area (Å²) in [4.78, 5) is 0. The van der Waals surface area contributed by atoms with Crippen molar-refractivity contribution in [1.82, 2.24) is 0 Å². The lowest BCUT2D eigenvalue weighted by molar-refractivity contribution is -0.0851. The number of allylic oxidation sites excluding steroid dienone is 4. The highest BCUT2D eigenvalue weighted by Crippen LogP contribution is 2.71. The average molecular weight is 427 g/mol. The summed E-state index contributed by atoms with van der Waals surface area (Å²) in [7, 11) is 0. The van der Waals surface area contributed by atoms with Crippen LogP contribution in [0, 0.1) is 45.3 Å². The molecule has 1 nitrogen and oxygen atoms in total. The van der Waals surface area contributed by atoms with Gasteiger partial charge in [0.2, 0.25) is 0 Å². The monoisotopic (exact) mass is 426 g/mol. The lowest BCUT2D eigenvalue weighted by Gasteiger charge is -2.61. The van der Waals surface area contributed by atoms with Crippen LogP contribution in [-0.2, 0) is 0 Å². The van der Waals surface area contributed by atoms with E-state index in [0.717, 1.165) is 37.0 Å². The zero-order chi connectivity index (χ0) is 22.8. The van der Waals surface area contributed by atoms with Crippen LogP contribution < -0.4 is 0 Å². The summed E-state index contributed by atoms with van der Waals surface area (Å²) < 4.78 is 0. The van der Waals surface area contributed by atoms with E-state index in [0.29, 0.717) is 16.7 Å². The third kappa shape index (κ3) is 3.34. The van der Waals surface area contributed by atoms with E-state index in [-0.39, 0.29) is 16.9 Å². The van der Waals surface area contributed by atoms with Crippen LogP contribution in [0.4, 0.5) is 0 Å². The molecule has 0 aromatic heterocycles. The molecule has 4 rings (SSSR count). The molecule has 0 aliphatic heterocycles. The third-order valence-corrected chi connectivity index (χ3v) is 11.4. The van der Waals surface area contributed by atoms with Crippen LogP contribution in [0.2, 0.25) is 0 Å². The Morgan fingerprint density at radius 1 is 0.935 bits per heavy atom. The molecule has 4 aliphatic carbocycles. The van der Waals surface area contributed by atoms with Crippen LogP contribution in [-0.4, -0.2) is 11.2 Å². The third-order valence-electron chi connectivity index (χ3n) is 11.4. The Morgan fingerprint density at radius 3 is 2.32 bits per heavy atom. The Morgan fingerprint density at radius 2 is 1.65 bits per heavy atom. The van der Waals surface area contributed by atoms with Crippen molar-refractivity contribution in [2.75, 3.05) is 0 Å². The second kappa shape index (κ2) is 7.75. The molecule has 0 aromatic rings. The van der Waals surface area contributed by atoms with E-state index in [1.807, 2.05) is 0 Å². The molecule has 31 heavy (non-hydrogen) atoms. The number of hydrogen-bond acceptors (Lipinski definition) is 1. The van der Waals surface area contributed by atoms with Crippen molar-refractivity contribution in [1.29, 1.82) is 0 Å². The van der Waals surface area contributed by atoms with Crippen LogP contribution >= 0.6 is 0 Å². The van der Waals surface area contributed by atoms with E-state index in [1.165, 1.54) is 38.5 Å². The van der Waals surface area contributed by atoms with Crippen LogP contribution in [0.25, 0.3) is 0 Å². The summed E-state index contributed by atoms with van der Waals surface area (Å²) in [5.41, 5.74) is 4.34. The van der Waals surface area contributed by atoms with Gasteiger partial charge in [-0.25, -0.2) is 0 Å². The van der Waals surface area contributed by atoms with Gasteiger partial charge in [-0.2, -0.15) is 0 Å². The van der Waals surface area contributed by atoms with E-state index in [9.17, 15) is 5.11 Å². The van der Waals surface area contributed by atoms with Gasteiger partial charge in [-0.1, -0.05) is 86.8 Å². The Hall–Kier alpha value is -0.560. The van der Waals surface area contributed by atoms with E-state index in [4.69, 9.17) is 0 Å². The van der Waals surface area contributed by atoms with E-state index < -0.39 is 0 Å².